The highest BCUT2D eigenvalue weighted by atomic mass is 35.5. The maximum Gasteiger partial charge on any atom is 0.333 e. The van der Waals surface area contributed by atoms with Crippen LogP contribution in [0.4, 0.5) is 0 Å². The van der Waals surface area contributed by atoms with E-state index in [9.17, 15) is 14.7 Å². The summed E-state index contributed by atoms with van der Waals surface area (Å²) >= 11 is 6.22. The van der Waals surface area contributed by atoms with Crippen molar-refractivity contribution in [3.05, 3.63) is 86.8 Å². The molecular weight excluding hydrogens is 354 g/mol. The van der Waals surface area contributed by atoms with Crippen molar-refractivity contribution in [2.24, 2.45) is 0 Å². The minimum absolute atomic E-state index is 0.136. The number of halogens is 1. The Hall–Kier alpha value is -3.38. The van der Waals surface area contributed by atoms with Crippen LogP contribution in [0.15, 0.2) is 70.5 Å². The quantitative estimate of drug-likeness (QED) is 0.571. The molecule has 4 aromatic rings. The summed E-state index contributed by atoms with van der Waals surface area (Å²) < 4.78 is 0.935. The van der Waals surface area contributed by atoms with Gasteiger partial charge >= 0.3 is 5.69 Å². The first-order valence-corrected chi connectivity index (χ1v) is 8.11. The first kappa shape index (κ1) is 16.1. The molecule has 0 aliphatic carbocycles. The van der Waals surface area contributed by atoms with Gasteiger partial charge in [0.15, 0.2) is 0 Å². The molecule has 6 nitrogen and oxygen atoms in total. The van der Waals surface area contributed by atoms with Gasteiger partial charge < -0.3 is 10.1 Å². The van der Waals surface area contributed by atoms with E-state index in [4.69, 9.17) is 11.6 Å². The van der Waals surface area contributed by atoms with Gasteiger partial charge in [0.2, 0.25) is 0 Å². The van der Waals surface area contributed by atoms with E-state index < -0.39 is 11.2 Å². The third-order valence-corrected chi connectivity index (χ3v) is 4.38. The number of H-pyrrole nitrogens is 1. The second-order valence-electron chi connectivity index (χ2n) is 5.71. The van der Waals surface area contributed by atoms with Crippen molar-refractivity contribution in [3.63, 3.8) is 0 Å². The van der Waals surface area contributed by atoms with Gasteiger partial charge in [-0.1, -0.05) is 35.9 Å². The highest BCUT2D eigenvalue weighted by Crippen LogP contribution is 2.28. The van der Waals surface area contributed by atoms with Gasteiger partial charge in [-0.15, -0.1) is 0 Å². The Balaban J connectivity index is 1.96. The molecule has 0 fully saturated rings. The molecule has 0 bridgehead atoms. The molecule has 0 amide bonds. The zero-order valence-electron chi connectivity index (χ0n) is 13.3. The third-order valence-electron chi connectivity index (χ3n) is 4.05. The summed E-state index contributed by atoms with van der Waals surface area (Å²) in [5, 5.41) is 10.5. The molecule has 26 heavy (non-hydrogen) atoms. The number of benzene rings is 2. The van der Waals surface area contributed by atoms with E-state index in [2.05, 4.69) is 9.97 Å². The number of nitrogens with zero attached hydrogens (tertiary/aromatic N) is 2. The Labute approximate surface area is 152 Å². The molecule has 2 aromatic heterocycles. The van der Waals surface area contributed by atoms with Gasteiger partial charge in [-0.05, 0) is 23.8 Å². The van der Waals surface area contributed by atoms with Crippen molar-refractivity contribution >= 4 is 22.5 Å². The van der Waals surface area contributed by atoms with Crippen molar-refractivity contribution in [2.45, 2.75) is 0 Å². The Morgan fingerprint density at radius 3 is 2.62 bits per heavy atom. The summed E-state index contributed by atoms with van der Waals surface area (Å²) in [6.07, 6.45) is 2.56. The topological polar surface area (TPSA) is 88.0 Å². The van der Waals surface area contributed by atoms with Crippen LogP contribution in [0.25, 0.3) is 27.7 Å². The lowest BCUT2D eigenvalue weighted by molar-refractivity contribution is 0.472. The van der Waals surface area contributed by atoms with Crippen molar-refractivity contribution < 1.29 is 5.11 Å². The lowest BCUT2D eigenvalue weighted by Crippen LogP contribution is -2.33. The number of aromatic amines is 1. The van der Waals surface area contributed by atoms with E-state index in [0.717, 1.165) is 15.7 Å². The van der Waals surface area contributed by atoms with Crippen molar-refractivity contribution in [1.82, 2.24) is 14.5 Å². The molecule has 2 heterocycles. The van der Waals surface area contributed by atoms with Crippen LogP contribution in [-0.2, 0) is 0 Å². The first-order valence-electron chi connectivity index (χ1n) is 7.73. The first-order chi connectivity index (χ1) is 12.5. The number of hydrogen-bond acceptors (Lipinski definition) is 4. The van der Waals surface area contributed by atoms with Crippen molar-refractivity contribution in [2.75, 3.05) is 0 Å². The van der Waals surface area contributed by atoms with Gasteiger partial charge in [0, 0.05) is 16.7 Å². The largest absolute Gasteiger partial charge is 0.506 e. The summed E-state index contributed by atoms with van der Waals surface area (Å²) in [5.74, 6) is -0.136. The number of pyridine rings is 1. The van der Waals surface area contributed by atoms with E-state index in [1.165, 1.54) is 18.5 Å². The average Bonchev–Trinajstić information content (AvgIpc) is 2.62. The Morgan fingerprint density at radius 2 is 1.85 bits per heavy atom. The van der Waals surface area contributed by atoms with Crippen LogP contribution in [0.3, 0.4) is 0 Å². The summed E-state index contributed by atoms with van der Waals surface area (Å²) in [6.45, 7) is 0. The van der Waals surface area contributed by atoms with E-state index in [1.807, 2.05) is 18.2 Å². The Bertz CT molecular complexity index is 1260. The Kier molecular flexibility index (Phi) is 3.82. The van der Waals surface area contributed by atoms with Gasteiger partial charge in [0.1, 0.15) is 5.75 Å². The SMILES string of the molecule is O=c1[nH]c2cc(-c3ccccc3Cl)ccc2c(=O)n1-c1cncc(O)c1. The molecule has 0 aliphatic heterocycles. The van der Waals surface area contributed by atoms with Gasteiger partial charge in [-0.2, -0.15) is 0 Å². The van der Waals surface area contributed by atoms with Crippen LogP contribution in [0.2, 0.25) is 5.02 Å². The minimum Gasteiger partial charge on any atom is -0.506 e. The van der Waals surface area contributed by atoms with E-state index >= 15 is 0 Å². The van der Waals surface area contributed by atoms with E-state index in [0.29, 0.717) is 15.9 Å². The van der Waals surface area contributed by atoms with Crippen LogP contribution < -0.4 is 11.2 Å². The van der Waals surface area contributed by atoms with E-state index in [1.54, 1.807) is 24.3 Å². The molecule has 0 saturated carbocycles. The maximum absolute atomic E-state index is 12.8. The molecule has 7 heteroatoms. The van der Waals surface area contributed by atoms with E-state index in [-0.39, 0.29) is 11.4 Å². The van der Waals surface area contributed by atoms with Crippen molar-refractivity contribution in [3.8, 4) is 22.6 Å². The monoisotopic (exact) mass is 365 g/mol. The number of aromatic hydroxyl groups is 1. The molecule has 0 radical (unpaired) electrons. The fraction of sp³-hybridized carbons (Fsp3) is 0. The van der Waals surface area contributed by atoms with Crippen LogP contribution in [0.1, 0.15) is 0 Å². The number of rotatable bonds is 2. The predicted molar refractivity (Wildman–Crippen MR) is 100 cm³/mol. The molecular formula is C19H12ClN3O3. The lowest BCUT2D eigenvalue weighted by Gasteiger charge is -2.09. The standard InChI is InChI=1S/C19H12ClN3O3/c20-16-4-2-1-3-14(16)11-5-6-15-17(7-11)22-19(26)23(18(15)25)12-8-13(24)10-21-9-12/h1-10,24H,(H,22,26). The maximum atomic E-state index is 12.8. The molecule has 4 rings (SSSR count). The van der Waals surface area contributed by atoms with Gasteiger partial charge in [-0.25, -0.2) is 9.36 Å². The zero-order valence-corrected chi connectivity index (χ0v) is 14.1. The summed E-state index contributed by atoms with van der Waals surface area (Å²) in [4.78, 5) is 31.7. The van der Waals surface area contributed by atoms with Crippen LogP contribution in [0.5, 0.6) is 5.75 Å². The van der Waals surface area contributed by atoms with Gasteiger partial charge in [0.05, 0.1) is 29.0 Å². The fourth-order valence-corrected chi connectivity index (χ4v) is 3.10. The van der Waals surface area contributed by atoms with Gasteiger partial charge in [-0.3, -0.25) is 9.78 Å². The van der Waals surface area contributed by atoms with Crippen molar-refractivity contribution in [1.29, 1.82) is 0 Å². The molecule has 2 aromatic carbocycles. The molecule has 128 valence electrons. The Morgan fingerprint density at radius 1 is 1.04 bits per heavy atom. The number of hydrogen-bond donors (Lipinski definition) is 2. The fourth-order valence-electron chi connectivity index (χ4n) is 2.85. The highest BCUT2D eigenvalue weighted by Gasteiger charge is 2.12. The summed E-state index contributed by atoms with van der Waals surface area (Å²) in [6, 6.07) is 13.8. The third kappa shape index (κ3) is 2.66. The van der Waals surface area contributed by atoms with Crippen LogP contribution in [-0.4, -0.2) is 19.6 Å². The number of aromatic nitrogens is 3. The molecule has 0 spiro atoms. The lowest BCUT2D eigenvalue weighted by atomic mass is 10.0. The molecule has 2 N–H and O–H groups in total. The smallest absolute Gasteiger partial charge is 0.333 e. The normalized spacial score (nSPS) is 11.0. The summed E-state index contributed by atoms with van der Waals surface area (Å²) in [7, 11) is 0. The zero-order chi connectivity index (χ0) is 18.3. The minimum atomic E-state index is -0.619. The number of nitrogens with one attached hydrogen (secondary N) is 1. The van der Waals surface area contributed by atoms with Gasteiger partial charge in [0.25, 0.3) is 5.56 Å². The molecule has 0 aliphatic rings. The molecule has 0 saturated heterocycles. The number of fused-ring (bicyclic) bond motifs is 1. The second-order valence-corrected chi connectivity index (χ2v) is 6.12. The predicted octanol–water partition coefficient (Wildman–Crippen LogP) is 3.10. The summed E-state index contributed by atoms with van der Waals surface area (Å²) in [5.41, 5.74) is 1.07. The van der Waals surface area contributed by atoms with Crippen LogP contribution in [0, 0.1) is 0 Å². The second kappa shape index (κ2) is 6.16. The average molecular weight is 366 g/mol. The van der Waals surface area contributed by atoms with Crippen LogP contribution >= 0.6 is 11.6 Å². The highest BCUT2D eigenvalue weighted by molar-refractivity contribution is 6.33. The molecule has 0 atom stereocenters. The molecule has 0 unspecified atom stereocenters.